The molecule has 5 heteroatoms. The summed E-state index contributed by atoms with van der Waals surface area (Å²) in [7, 11) is 0. The summed E-state index contributed by atoms with van der Waals surface area (Å²) in [4.78, 5) is 7.07. The van der Waals surface area contributed by atoms with Crippen LogP contribution in [-0.2, 0) is 12.3 Å². The van der Waals surface area contributed by atoms with E-state index in [1.165, 1.54) is 14.8 Å². The summed E-state index contributed by atoms with van der Waals surface area (Å²) >= 11 is 7.07. The Morgan fingerprint density at radius 2 is 1.95 bits per heavy atom. The second-order valence-corrected chi connectivity index (χ2v) is 8.73. The molecule has 2 rings (SSSR count). The van der Waals surface area contributed by atoms with Crippen molar-refractivity contribution in [3.05, 3.63) is 44.8 Å². The lowest BCUT2D eigenvalue weighted by Gasteiger charge is -2.19. The number of benzene rings is 1. The van der Waals surface area contributed by atoms with Gasteiger partial charge in [-0.2, -0.15) is 0 Å². The second kappa shape index (κ2) is 7.07. The lowest BCUT2D eigenvalue weighted by atomic mass is 10.1. The average molecular weight is 371 g/mol. The first kappa shape index (κ1) is 16.0. The number of thioether (sulfide) groups is 1. The number of hydrogen-bond acceptors (Lipinski definition) is 4. The van der Waals surface area contributed by atoms with Gasteiger partial charge in [-0.3, -0.25) is 0 Å². The van der Waals surface area contributed by atoms with Gasteiger partial charge in [-0.05, 0) is 45.0 Å². The Kier molecular flexibility index (Phi) is 5.66. The normalized spacial score (nSPS) is 11.8. The Bertz CT molecular complexity index is 544. The quantitative estimate of drug-likeness (QED) is 0.742. The molecule has 0 spiro atoms. The van der Waals surface area contributed by atoms with Crippen LogP contribution in [0.25, 0.3) is 0 Å². The predicted octanol–water partition coefficient (Wildman–Crippen LogP) is 5.09. The van der Waals surface area contributed by atoms with Crippen molar-refractivity contribution in [2.75, 3.05) is 0 Å². The van der Waals surface area contributed by atoms with Crippen LogP contribution in [0, 0.1) is 0 Å². The molecule has 0 unspecified atom stereocenters. The molecule has 0 saturated heterocycles. The number of aromatic nitrogens is 1. The van der Waals surface area contributed by atoms with Crippen molar-refractivity contribution < 1.29 is 0 Å². The summed E-state index contributed by atoms with van der Waals surface area (Å²) in [6, 6.07) is 8.40. The Morgan fingerprint density at radius 1 is 1.25 bits per heavy atom. The summed E-state index contributed by atoms with van der Waals surface area (Å²) in [6.07, 6.45) is 1.99. The van der Waals surface area contributed by atoms with E-state index in [2.05, 4.69) is 71.3 Å². The number of halogens is 1. The summed E-state index contributed by atoms with van der Waals surface area (Å²) in [5.74, 6) is 0.932. The van der Waals surface area contributed by atoms with E-state index in [4.69, 9.17) is 0 Å². The SMILES string of the molecule is CC(C)(C)NCc1cnc(CSc2ccc(Br)cc2)s1. The summed E-state index contributed by atoms with van der Waals surface area (Å²) < 4.78 is 1.12. The Morgan fingerprint density at radius 3 is 2.60 bits per heavy atom. The van der Waals surface area contributed by atoms with Crippen LogP contribution in [0.2, 0.25) is 0 Å². The fraction of sp³-hybridized carbons (Fsp3) is 0.400. The van der Waals surface area contributed by atoms with E-state index >= 15 is 0 Å². The number of hydrogen-bond donors (Lipinski definition) is 1. The fourth-order valence-electron chi connectivity index (χ4n) is 1.52. The Hall–Kier alpha value is -0.360. The topological polar surface area (TPSA) is 24.9 Å². The molecule has 1 aromatic carbocycles. The van der Waals surface area contributed by atoms with Gasteiger partial charge >= 0.3 is 0 Å². The third-order valence-electron chi connectivity index (χ3n) is 2.57. The van der Waals surface area contributed by atoms with E-state index in [1.807, 2.05) is 18.0 Å². The smallest absolute Gasteiger partial charge is 0.103 e. The van der Waals surface area contributed by atoms with Crippen molar-refractivity contribution in [3.8, 4) is 0 Å². The van der Waals surface area contributed by atoms with E-state index in [1.54, 1.807) is 11.3 Å². The number of nitrogens with one attached hydrogen (secondary N) is 1. The van der Waals surface area contributed by atoms with Crippen LogP contribution in [-0.4, -0.2) is 10.5 Å². The Labute approximate surface area is 137 Å². The van der Waals surface area contributed by atoms with E-state index in [0.717, 1.165) is 16.8 Å². The molecule has 0 aliphatic rings. The van der Waals surface area contributed by atoms with Crippen LogP contribution < -0.4 is 5.32 Å². The molecule has 0 aliphatic carbocycles. The molecule has 0 bridgehead atoms. The van der Waals surface area contributed by atoms with Crippen LogP contribution >= 0.6 is 39.0 Å². The lowest BCUT2D eigenvalue weighted by molar-refractivity contribution is 0.426. The largest absolute Gasteiger partial charge is 0.307 e. The zero-order chi connectivity index (χ0) is 14.6. The molecule has 20 heavy (non-hydrogen) atoms. The Balaban J connectivity index is 1.85. The van der Waals surface area contributed by atoms with Crippen LogP contribution in [0.4, 0.5) is 0 Å². The van der Waals surface area contributed by atoms with Crippen molar-refractivity contribution in [1.29, 1.82) is 0 Å². The molecule has 0 saturated carbocycles. The molecule has 1 N–H and O–H groups in total. The first-order valence-corrected chi connectivity index (χ1v) is 9.09. The van der Waals surface area contributed by atoms with E-state index in [0.29, 0.717) is 0 Å². The highest BCUT2D eigenvalue weighted by atomic mass is 79.9. The van der Waals surface area contributed by atoms with Crippen molar-refractivity contribution in [3.63, 3.8) is 0 Å². The van der Waals surface area contributed by atoms with Crippen LogP contribution in [0.3, 0.4) is 0 Å². The molecule has 0 fully saturated rings. The average Bonchev–Trinajstić information content (AvgIpc) is 2.83. The van der Waals surface area contributed by atoms with Crippen molar-refractivity contribution >= 4 is 39.0 Å². The van der Waals surface area contributed by atoms with Gasteiger partial charge in [0.15, 0.2) is 0 Å². The standard InChI is InChI=1S/C15H19BrN2S2/c1-15(2,3)18-9-13-8-17-14(20-13)10-19-12-6-4-11(16)5-7-12/h4-8,18H,9-10H2,1-3H3. The van der Waals surface area contributed by atoms with Crippen molar-refractivity contribution in [1.82, 2.24) is 10.3 Å². The third-order valence-corrected chi connectivity index (χ3v) is 5.30. The highest BCUT2D eigenvalue weighted by molar-refractivity contribution is 9.10. The fourth-order valence-corrected chi connectivity index (χ4v) is 3.55. The molecule has 1 heterocycles. The number of thiazole rings is 1. The highest BCUT2D eigenvalue weighted by Gasteiger charge is 2.10. The first-order valence-electron chi connectivity index (χ1n) is 6.49. The molecule has 108 valence electrons. The first-order chi connectivity index (χ1) is 9.42. The van der Waals surface area contributed by atoms with Gasteiger partial charge in [-0.25, -0.2) is 4.98 Å². The zero-order valence-corrected chi connectivity index (χ0v) is 15.2. The zero-order valence-electron chi connectivity index (χ0n) is 11.9. The molecular weight excluding hydrogens is 352 g/mol. The second-order valence-electron chi connectivity index (χ2n) is 5.57. The molecule has 0 amide bonds. The van der Waals surface area contributed by atoms with Gasteiger partial charge < -0.3 is 5.32 Å². The van der Waals surface area contributed by atoms with E-state index in [9.17, 15) is 0 Å². The number of nitrogens with zero attached hydrogens (tertiary/aromatic N) is 1. The van der Waals surface area contributed by atoms with Gasteiger partial charge in [0.25, 0.3) is 0 Å². The monoisotopic (exact) mass is 370 g/mol. The molecule has 2 nitrogen and oxygen atoms in total. The van der Waals surface area contributed by atoms with Gasteiger partial charge in [-0.1, -0.05) is 15.9 Å². The molecular formula is C15H19BrN2S2. The van der Waals surface area contributed by atoms with Crippen LogP contribution in [0.1, 0.15) is 30.7 Å². The van der Waals surface area contributed by atoms with Gasteiger partial charge in [0, 0.05) is 32.5 Å². The summed E-state index contributed by atoms with van der Waals surface area (Å²) in [5, 5.41) is 4.67. The molecule has 0 aliphatic heterocycles. The molecule has 1 aromatic heterocycles. The van der Waals surface area contributed by atoms with Crippen LogP contribution in [0.5, 0.6) is 0 Å². The molecule has 0 radical (unpaired) electrons. The third kappa shape index (κ3) is 5.56. The van der Waals surface area contributed by atoms with Gasteiger partial charge in [-0.15, -0.1) is 23.1 Å². The summed E-state index contributed by atoms with van der Waals surface area (Å²) in [5.41, 5.74) is 0.149. The van der Waals surface area contributed by atoms with Crippen LogP contribution in [0.15, 0.2) is 39.8 Å². The lowest BCUT2D eigenvalue weighted by Crippen LogP contribution is -2.34. The van der Waals surface area contributed by atoms with Gasteiger partial charge in [0.05, 0.1) is 5.75 Å². The maximum atomic E-state index is 4.50. The minimum absolute atomic E-state index is 0.149. The summed E-state index contributed by atoms with van der Waals surface area (Å²) in [6.45, 7) is 7.43. The van der Waals surface area contributed by atoms with Crippen molar-refractivity contribution in [2.24, 2.45) is 0 Å². The minimum atomic E-state index is 0.149. The van der Waals surface area contributed by atoms with Gasteiger partial charge in [0.1, 0.15) is 5.01 Å². The maximum absolute atomic E-state index is 4.50. The van der Waals surface area contributed by atoms with E-state index in [-0.39, 0.29) is 5.54 Å². The predicted molar refractivity (Wildman–Crippen MR) is 92.4 cm³/mol. The van der Waals surface area contributed by atoms with E-state index < -0.39 is 0 Å². The highest BCUT2D eigenvalue weighted by Crippen LogP contribution is 2.26. The maximum Gasteiger partial charge on any atom is 0.103 e. The van der Waals surface area contributed by atoms with Gasteiger partial charge in [0.2, 0.25) is 0 Å². The number of rotatable bonds is 5. The van der Waals surface area contributed by atoms with Crippen molar-refractivity contribution in [2.45, 2.75) is 43.5 Å². The minimum Gasteiger partial charge on any atom is -0.307 e. The molecule has 2 aromatic rings. The molecule has 0 atom stereocenters.